The summed E-state index contributed by atoms with van der Waals surface area (Å²) in [4.78, 5) is 14.4. The first-order valence-electron chi connectivity index (χ1n) is 7.84. The molecule has 0 fully saturated rings. The molecule has 2 aromatic heterocycles. The molecule has 1 atom stereocenters. The first-order chi connectivity index (χ1) is 11.7. The van der Waals surface area contributed by atoms with E-state index in [1.807, 2.05) is 54.2 Å². The summed E-state index contributed by atoms with van der Waals surface area (Å²) in [6.45, 7) is 3.14. The Balaban J connectivity index is 1.52. The lowest BCUT2D eigenvalue weighted by Gasteiger charge is -2.16. The number of aromatic nitrogens is 2. The molecule has 0 aliphatic carbocycles. The van der Waals surface area contributed by atoms with Gasteiger partial charge in [0, 0.05) is 34.4 Å². The fraction of sp³-hybridized carbons (Fsp3) is 0.222. The van der Waals surface area contributed by atoms with E-state index in [0.29, 0.717) is 18.0 Å². The summed E-state index contributed by atoms with van der Waals surface area (Å²) in [6.07, 6.45) is 3.63. The summed E-state index contributed by atoms with van der Waals surface area (Å²) in [6, 6.07) is 11.8. The number of hydrogen-bond acceptors (Lipinski definition) is 4. The van der Waals surface area contributed by atoms with Gasteiger partial charge in [0.1, 0.15) is 12.4 Å². The summed E-state index contributed by atoms with van der Waals surface area (Å²) >= 11 is 1.52. The van der Waals surface area contributed by atoms with Crippen LogP contribution in [0.1, 0.15) is 22.2 Å². The Kier molecular flexibility index (Phi) is 3.82. The Bertz CT molecular complexity index is 870. The van der Waals surface area contributed by atoms with Gasteiger partial charge in [-0.15, -0.1) is 11.3 Å². The van der Waals surface area contributed by atoms with Crippen molar-refractivity contribution in [3.8, 4) is 16.2 Å². The molecule has 0 radical (unpaired) electrons. The largest absolute Gasteiger partial charge is 0.488 e. The molecule has 4 rings (SSSR count). The van der Waals surface area contributed by atoms with E-state index in [2.05, 4.69) is 10.4 Å². The van der Waals surface area contributed by atoms with Crippen molar-refractivity contribution in [3.05, 3.63) is 59.2 Å². The van der Waals surface area contributed by atoms with Crippen molar-refractivity contribution in [1.29, 1.82) is 0 Å². The highest BCUT2D eigenvalue weighted by molar-refractivity contribution is 7.17. The van der Waals surface area contributed by atoms with E-state index in [-0.39, 0.29) is 11.9 Å². The molecule has 1 amide bonds. The van der Waals surface area contributed by atoms with Crippen LogP contribution < -0.4 is 10.1 Å². The molecule has 3 aromatic rings. The van der Waals surface area contributed by atoms with Gasteiger partial charge in [0.15, 0.2) is 0 Å². The molecule has 0 spiro atoms. The summed E-state index contributed by atoms with van der Waals surface area (Å²) in [5, 5.41) is 7.20. The van der Waals surface area contributed by atoms with E-state index >= 15 is 0 Å². The second kappa shape index (κ2) is 6.13. The summed E-state index contributed by atoms with van der Waals surface area (Å²) in [5.74, 6) is 0.831. The molecule has 6 heteroatoms. The third-order valence-corrected chi connectivity index (χ3v) is 5.15. The third kappa shape index (κ3) is 2.80. The second-order valence-electron chi connectivity index (χ2n) is 5.85. The number of benzene rings is 1. The maximum atomic E-state index is 12.5. The minimum atomic E-state index is -0.0495. The van der Waals surface area contributed by atoms with Crippen LogP contribution in [-0.2, 0) is 13.2 Å². The Morgan fingerprint density at radius 2 is 2.29 bits per heavy atom. The molecule has 5 nitrogen and oxygen atoms in total. The predicted octanol–water partition coefficient (Wildman–Crippen LogP) is 3.32. The molecular weight excluding hydrogens is 322 g/mol. The van der Waals surface area contributed by atoms with Gasteiger partial charge in [-0.1, -0.05) is 12.1 Å². The van der Waals surface area contributed by atoms with Crippen LogP contribution in [0.4, 0.5) is 0 Å². The normalized spacial score (nSPS) is 13.5. The minimum Gasteiger partial charge on any atom is -0.488 e. The van der Waals surface area contributed by atoms with Crippen molar-refractivity contribution in [3.63, 3.8) is 0 Å². The monoisotopic (exact) mass is 339 g/mol. The maximum Gasteiger partial charge on any atom is 0.261 e. The van der Waals surface area contributed by atoms with Crippen LogP contribution in [0.2, 0.25) is 0 Å². The van der Waals surface area contributed by atoms with Crippen LogP contribution in [0.15, 0.2) is 48.8 Å². The van der Waals surface area contributed by atoms with Gasteiger partial charge in [-0.25, -0.2) is 0 Å². The van der Waals surface area contributed by atoms with Crippen molar-refractivity contribution in [2.24, 2.45) is 0 Å². The fourth-order valence-corrected chi connectivity index (χ4v) is 3.94. The van der Waals surface area contributed by atoms with Crippen molar-refractivity contribution in [1.82, 2.24) is 15.1 Å². The first-order valence-corrected chi connectivity index (χ1v) is 8.65. The number of rotatable bonds is 4. The molecule has 1 aromatic carbocycles. The highest BCUT2D eigenvalue weighted by Gasteiger charge is 2.22. The van der Waals surface area contributed by atoms with Crippen LogP contribution in [0.3, 0.4) is 0 Å². The molecule has 3 heterocycles. The van der Waals surface area contributed by atoms with E-state index in [4.69, 9.17) is 4.74 Å². The molecular formula is C18H17N3O2S. The predicted molar refractivity (Wildman–Crippen MR) is 93.2 cm³/mol. The lowest BCUT2D eigenvalue weighted by Crippen LogP contribution is -2.35. The number of thiophene rings is 1. The minimum absolute atomic E-state index is 0.0000596. The fourth-order valence-electron chi connectivity index (χ4n) is 2.84. The van der Waals surface area contributed by atoms with Gasteiger partial charge in [0.05, 0.1) is 11.4 Å². The lowest BCUT2D eigenvalue weighted by atomic mass is 10.1. The molecule has 1 aliphatic rings. The number of nitrogens with one attached hydrogen (secondary N) is 1. The quantitative estimate of drug-likeness (QED) is 0.793. The highest BCUT2D eigenvalue weighted by Crippen LogP contribution is 2.42. The molecule has 24 heavy (non-hydrogen) atoms. The van der Waals surface area contributed by atoms with Crippen molar-refractivity contribution >= 4 is 17.2 Å². The molecule has 1 aliphatic heterocycles. The average molecular weight is 339 g/mol. The topological polar surface area (TPSA) is 56.2 Å². The molecule has 0 unspecified atom stereocenters. The smallest absolute Gasteiger partial charge is 0.261 e. The van der Waals surface area contributed by atoms with Gasteiger partial charge >= 0.3 is 0 Å². The number of amides is 1. The van der Waals surface area contributed by atoms with E-state index in [1.54, 1.807) is 6.20 Å². The summed E-state index contributed by atoms with van der Waals surface area (Å²) in [7, 11) is 0. The van der Waals surface area contributed by atoms with Gasteiger partial charge in [-0.05, 0) is 31.2 Å². The van der Waals surface area contributed by atoms with Gasteiger partial charge in [0.25, 0.3) is 5.91 Å². The molecule has 1 N–H and O–H groups in total. The average Bonchev–Trinajstić information content (AvgIpc) is 3.23. The molecule has 0 bridgehead atoms. The number of nitrogens with zero attached hydrogens (tertiary/aromatic N) is 2. The number of carbonyl (C=O) groups is 1. The van der Waals surface area contributed by atoms with Crippen molar-refractivity contribution < 1.29 is 9.53 Å². The maximum absolute atomic E-state index is 12.5. The lowest BCUT2D eigenvalue weighted by molar-refractivity contribution is 0.0940. The van der Waals surface area contributed by atoms with E-state index in [0.717, 1.165) is 21.8 Å². The van der Waals surface area contributed by atoms with Crippen LogP contribution in [0.25, 0.3) is 10.4 Å². The first kappa shape index (κ1) is 15.0. The van der Waals surface area contributed by atoms with Crippen molar-refractivity contribution in [2.75, 3.05) is 0 Å². The van der Waals surface area contributed by atoms with Gasteiger partial charge in [0.2, 0.25) is 0 Å². The van der Waals surface area contributed by atoms with Crippen LogP contribution >= 0.6 is 11.3 Å². The standard InChI is InChI=1S/C18H17N3O2S/c1-12(10-21-8-4-7-19-21)20-18(22)16-9-13-11-23-15-6-3-2-5-14(15)17(13)24-16/h2-9,12H,10-11H2,1H3,(H,20,22)/t12-/m0/s1. The van der Waals surface area contributed by atoms with E-state index < -0.39 is 0 Å². The number of carbonyl (C=O) groups excluding carboxylic acids is 1. The molecule has 122 valence electrons. The van der Waals surface area contributed by atoms with Crippen LogP contribution in [0, 0.1) is 0 Å². The van der Waals surface area contributed by atoms with E-state index in [9.17, 15) is 4.79 Å². The number of fused-ring (bicyclic) bond motifs is 3. The number of hydrogen-bond donors (Lipinski definition) is 1. The SMILES string of the molecule is C[C@@H](Cn1cccn1)NC(=O)c1cc2c(s1)-c1ccccc1OC2. The Hall–Kier alpha value is -2.60. The van der Waals surface area contributed by atoms with Gasteiger partial charge in [-0.2, -0.15) is 5.10 Å². The summed E-state index contributed by atoms with van der Waals surface area (Å²) in [5.41, 5.74) is 2.14. The molecule has 0 saturated heterocycles. The van der Waals surface area contributed by atoms with Crippen molar-refractivity contribution in [2.45, 2.75) is 26.1 Å². The molecule has 0 saturated carbocycles. The highest BCUT2D eigenvalue weighted by atomic mass is 32.1. The zero-order valence-corrected chi connectivity index (χ0v) is 14.0. The van der Waals surface area contributed by atoms with Crippen LogP contribution in [-0.4, -0.2) is 21.7 Å². The third-order valence-electron chi connectivity index (χ3n) is 3.95. The Morgan fingerprint density at radius 1 is 1.42 bits per heavy atom. The Labute approximate surface area is 143 Å². The zero-order valence-electron chi connectivity index (χ0n) is 13.2. The van der Waals surface area contributed by atoms with Gasteiger partial charge in [-0.3, -0.25) is 9.48 Å². The second-order valence-corrected chi connectivity index (χ2v) is 6.90. The number of para-hydroxylation sites is 1. The summed E-state index contributed by atoms with van der Waals surface area (Å²) < 4.78 is 7.57. The zero-order chi connectivity index (χ0) is 16.5. The number of ether oxygens (including phenoxy) is 1. The van der Waals surface area contributed by atoms with Crippen LogP contribution in [0.5, 0.6) is 5.75 Å². The van der Waals surface area contributed by atoms with E-state index in [1.165, 1.54) is 11.3 Å². The van der Waals surface area contributed by atoms with Gasteiger partial charge < -0.3 is 10.1 Å². The Morgan fingerprint density at radius 3 is 3.12 bits per heavy atom.